The maximum Gasteiger partial charge on any atom is 0.257 e. The highest BCUT2D eigenvalue weighted by atomic mass is 32.1. The van der Waals surface area contributed by atoms with Crippen molar-refractivity contribution < 1.29 is 14.3 Å². The summed E-state index contributed by atoms with van der Waals surface area (Å²) in [6, 6.07) is 5.39. The Morgan fingerprint density at radius 2 is 2.08 bits per heavy atom. The first-order valence-electron chi connectivity index (χ1n) is 8.16. The Labute approximate surface area is 154 Å². The molecule has 0 spiro atoms. The Morgan fingerprint density at radius 3 is 2.85 bits per heavy atom. The van der Waals surface area contributed by atoms with Crippen LogP contribution in [0.4, 0.5) is 5.13 Å². The molecule has 0 saturated carbocycles. The number of nitrogens with two attached hydrogens (primary N) is 1. The van der Waals surface area contributed by atoms with E-state index >= 15 is 0 Å². The van der Waals surface area contributed by atoms with Gasteiger partial charge in [-0.1, -0.05) is 11.3 Å². The molecule has 9 nitrogen and oxygen atoms in total. The van der Waals surface area contributed by atoms with E-state index in [9.17, 15) is 4.79 Å². The summed E-state index contributed by atoms with van der Waals surface area (Å²) in [7, 11) is 0. The highest BCUT2D eigenvalue weighted by Gasteiger charge is 2.11. The second-order valence-electron chi connectivity index (χ2n) is 5.35. The normalized spacial score (nSPS) is 11.1. The fraction of sp³-hybridized carbons (Fsp3) is 0.375. The number of amides is 1. The quantitative estimate of drug-likeness (QED) is 0.509. The molecule has 3 N–H and O–H groups in total. The van der Waals surface area contributed by atoms with Crippen LogP contribution in [0.25, 0.3) is 11.0 Å². The van der Waals surface area contributed by atoms with Crippen molar-refractivity contribution in [2.75, 3.05) is 38.3 Å². The fourth-order valence-electron chi connectivity index (χ4n) is 2.35. The lowest BCUT2D eigenvalue weighted by atomic mass is 10.2. The first kappa shape index (κ1) is 18.4. The highest BCUT2D eigenvalue weighted by Crippen LogP contribution is 2.17. The van der Waals surface area contributed by atoms with Gasteiger partial charge in [0.05, 0.1) is 43.8 Å². The Morgan fingerprint density at radius 1 is 1.23 bits per heavy atom. The zero-order valence-corrected chi connectivity index (χ0v) is 14.9. The van der Waals surface area contributed by atoms with Crippen LogP contribution in [-0.4, -0.2) is 58.6 Å². The van der Waals surface area contributed by atoms with Crippen LogP contribution in [0.15, 0.2) is 30.0 Å². The van der Waals surface area contributed by atoms with Gasteiger partial charge in [-0.3, -0.25) is 10.1 Å². The van der Waals surface area contributed by atoms with Crippen LogP contribution in [0.2, 0.25) is 0 Å². The molecule has 0 atom stereocenters. The Hall–Kier alpha value is -2.40. The average Bonchev–Trinajstić information content (AvgIpc) is 3.30. The zero-order chi connectivity index (χ0) is 18.2. The zero-order valence-electron chi connectivity index (χ0n) is 14.1. The molecule has 2 aromatic heterocycles. The molecule has 3 aromatic rings. The molecule has 0 aliphatic heterocycles. The molecule has 0 unspecified atom stereocenters. The van der Waals surface area contributed by atoms with Crippen LogP contribution >= 0.6 is 11.3 Å². The molecule has 0 saturated heterocycles. The number of carbonyl (C=O) groups is 1. The monoisotopic (exact) mass is 376 g/mol. The minimum absolute atomic E-state index is 0.237. The van der Waals surface area contributed by atoms with Gasteiger partial charge < -0.3 is 19.8 Å². The third-order valence-corrected chi connectivity index (χ3v) is 4.18. The smallest absolute Gasteiger partial charge is 0.257 e. The Bertz CT molecular complexity index is 836. The summed E-state index contributed by atoms with van der Waals surface area (Å²) in [5.41, 5.74) is 9.12. The summed E-state index contributed by atoms with van der Waals surface area (Å²) >= 11 is 1.27. The van der Waals surface area contributed by atoms with Crippen molar-refractivity contribution in [1.82, 2.24) is 19.7 Å². The van der Waals surface area contributed by atoms with Gasteiger partial charge in [-0.05, 0) is 18.2 Å². The Kier molecular flexibility index (Phi) is 6.61. The molecule has 10 heteroatoms. The maximum absolute atomic E-state index is 12.2. The third kappa shape index (κ3) is 4.82. The lowest BCUT2D eigenvalue weighted by molar-refractivity contribution is 0.0479. The summed E-state index contributed by atoms with van der Waals surface area (Å²) in [4.78, 5) is 16.6. The molecular formula is C16H20N6O3S. The van der Waals surface area contributed by atoms with Crippen LogP contribution < -0.4 is 11.1 Å². The maximum atomic E-state index is 12.2. The van der Waals surface area contributed by atoms with E-state index in [1.807, 2.05) is 10.6 Å². The largest absolute Gasteiger partial charge is 0.378 e. The number of hydrogen-bond acceptors (Lipinski definition) is 8. The fourth-order valence-corrected chi connectivity index (χ4v) is 2.79. The molecule has 2 heterocycles. The number of hydrogen-bond donors (Lipinski definition) is 2. The van der Waals surface area contributed by atoms with E-state index in [-0.39, 0.29) is 5.91 Å². The average molecular weight is 376 g/mol. The number of fused-ring (bicyclic) bond motifs is 1. The number of aromatic nitrogens is 4. The van der Waals surface area contributed by atoms with Crippen molar-refractivity contribution in [3.63, 3.8) is 0 Å². The molecule has 0 aliphatic rings. The molecule has 0 fully saturated rings. The lowest BCUT2D eigenvalue weighted by Gasteiger charge is -2.07. The van der Waals surface area contributed by atoms with Gasteiger partial charge in [0, 0.05) is 18.7 Å². The third-order valence-electron chi connectivity index (χ3n) is 3.57. The predicted molar refractivity (Wildman–Crippen MR) is 98.3 cm³/mol. The lowest BCUT2D eigenvalue weighted by Crippen LogP contribution is -2.13. The number of carbonyl (C=O) groups excluding carboxylic acids is 1. The van der Waals surface area contributed by atoms with Crippen LogP contribution in [0, 0.1) is 0 Å². The van der Waals surface area contributed by atoms with Crippen molar-refractivity contribution in [2.24, 2.45) is 5.73 Å². The number of rotatable bonds is 10. The van der Waals surface area contributed by atoms with Crippen LogP contribution in [0.5, 0.6) is 0 Å². The van der Waals surface area contributed by atoms with Crippen molar-refractivity contribution >= 4 is 33.4 Å². The van der Waals surface area contributed by atoms with Gasteiger partial charge >= 0.3 is 0 Å². The van der Waals surface area contributed by atoms with E-state index in [4.69, 9.17) is 15.2 Å². The molecule has 3 rings (SSSR count). The van der Waals surface area contributed by atoms with Gasteiger partial charge in [0.15, 0.2) is 0 Å². The number of benzene rings is 1. The van der Waals surface area contributed by atoms with Gasteiger partial charge in [-0.2, -0.15) is 0 Å². The van der Waals surface area contributed by atoms with Gasteiger partial charge in [-0.15, -0.1) is 10.2 Å². The van der Waals surface area contributed by atoms with Crippen molar-refractivity contribution in [3.05, 3.63) is 35.6 Å². The topological polar surface area (TPSA) is 117 Å². The molecule has 26 heavy (non-hydrogen) atoms. The standard InChI is InChI=1S/C16H20N6O3S/c17-3-5-24-7-8-25-6-4-22-10-18-13-9-12(1-2-14(13)22)15(23)20-16-21-19-11-26-16/h1-2,9-11H,3-8,17H2,(H,20,21,23). The van der Waals surface area contributed by atoms with E-state index in [0.717, 1.165) is 11.0 Å². The molecule has 0 radical (unpaired) electrons. The predicted octanol–water partition coefficient (Wildman–Crippen LogP) is 1.13. The summed E-state index contributed by atoms with van der Waals surface area (Å²) in [5.74, 6) is -0.237. The van der Waals surface area contributed by atoms with E-state index in [2.05, 4.69) is 20.5 Å². The van der Waals surface area contributed by atoms with E-state index < -0.39 is 0 Å². The number of imidazole rings is 1. The van der Waals surface area contributed by atoms with Crippen LogP contribution in [0.3, 0.4) is 0 Å². The summed E-state index contributed by atoms with van der Waals surface area (Å²) in [6.07, 6.45) is 1.74. The summed E-state index contributed by atoms with van der Waals surface area (Å²) < 4.78 is 12.8. The molecule has 0 bridgehead atoms. The van der Waals surface area contributed by atoms with Crippen molar-refractivity contribution in [2.45, 2.75) is 6.54 Å². The van der Waals surface area contributed by atoms with Crippen LogP contribution in [0.1, 0.15) is 10.4 Å². The van der Waals surface area contributed by atoms with Crippen molar-refractivity contribution in [1.29, 1.82) is 0 Å². The van der Waals surface area contributed by atoms with Gasteiger partial charge in [0.1, 0.15) is 5.51 Å². The number of nitrogens with one attached hydrogen (secondary N) is 1. The minimum atomic E-state index is -0.237. The first-order valence-corrected chi connectivity index (χ1v) is 9.04. The second-order valence-corrected chi connectivity index (χ2v) is 6.19. The van der Waals surface area contributed by atoms with Gasteiger partial charge in [0.25, 0.3) is 5.91 Å². The van der Waals surface area contributed by atoms with E-state index in [1.165, 1.54) is 11.3 Å². The SMILES string of the molecule is NCCOCCOCCn1cnc2cc(C(=O)Nc3nncs3)ccc21. The van der Waals surface area contributed by atoms with Gasteiger partial charge in [0.2, 0.25) is 5.13 Å². The van der Waals surface area contributed by atoms with Crippen molar-refractivity contribution in [3.8, 4) is 0 Å². The number of ether oxygens (including phenoxy) is 2. The summed E-state index contributed by atoms with van der Waals surface area (Å²) in [6.45, 7) is 3.35. The minimum Gasteiger partial charge on any atom is -0.378 e. The molecule has 1 amide bonds. The first-order chi connectivity index (χ1) is 12.8. The van der Waals surface area contributed by atoms with Gasteiger partial charge in [-0.25, -0.2) is 4.98 Å². The van der Waals surface area contributed by atoms with Crippen LogP contribution in [-0.2, 0) is 16.0 Å². The molecular weight excluding hydrogens is 356 g/mol. The molecule has 0 aliphatic carbocycles. The van der Waals surface area contributed by atoms with E-state index in [0.29, 0.717) is 50.2 Å². The Balaban J connectivity index is 1.54. The number of anilines is 1. The van der Waals surface area contributed by atoms with E-state index in [1.54, 1.807) is 24.0 Å². The molecule has 1 aromatic carbocycles. The number of nitrogens with zero attached hydrogens (tertiary/aromatic N) is 4. The molecule has 138 valence electrons. The second kappa shape index (κ2) is 9.34. The highest BCUT2D eigenvalue weighted by molar-refractivity contribution is 7.13. The summed E-state index contributed by atoms with van der Waals surface area (Å²) in [5, 5.41) is 10.7.